The van der Waals surface area contributed by atoms with E-state index in [0.717, 1.165) is 0 Å². The molecule has 6 heteroatoms. The van der Waals surface area contributed by atoms with Gasteiger partial charge in [0.15, 0.2) is 0 Å². The Morgan fingerprint density at radius 2 is 2.05 bits per heavy atom. The van der Waals surface area contributed by atoms with E-state index in [9.17, 15) is 13.5 Å². The molecule has 0 atom stereocenters. The molecule has 0 unspecified atom stereocenters. The molecule has 1 saturated heterocycles. The van der Waals surface area contributed by atoms with Crippen LogP contribution in [0.3, 0.4) is 0 Å². The first-order chi connectivity index (χ1) is 9.95. The van der Waals surface area contributed by atoms with Crippen LogP contribution in [0.25, 0.3) is 0 Å². The lowest BCUT2D eigenvalue weighted by atomic mass is 10.1. The Balaban J connectivity index is 2.35. The van der Waals surface area contributed by atoms with Crippen molar-refractivity contribution in [2.24, 2.45) is 5.73 Å². The van der Waals surface area contributed by atoms with Crippen LogP contribution in [-0.4, -0.2) is 43.6 Å². The first kappa shape index (κ1) is 16.0. The van der Waals surface area contributed by atoms with E-state index < -0.39 is 16.1 Å². The number of sulfonamides is 1. The summed E-state index contributed by atoms with van der Waals surface area (Å²) in [6.45, 7) is 2.70. The summed E-state index contributed by atoms with van der Waals surface area (Å²) in [5, 5.41) is 9.51. The molecule has 1 heterocycles. The summed E-state index contributed by atoms with van der Waals surface area (Å²) in [7, 11) is -3.54. The maximum atomic E-state index is 12.7. The van der Waals surface area contributed by atoms with E-state index in [4.69, 9.17) is 5.73 Å². The van der Waals surface area contributed by atoms with Crippen LogP contribution in [0.4, 0.5) is 0 Å². The highest BCUT2D eigenvalue weighted by Gasteiger charge is 2.29. The number of rotatable bonds is 2. The molecule has 0 amide bonds. The predicted octanol–water partition coefficient (Wildman–Crippen LogP) is 0.451. The number of hydrogen-bond acceptors (Lipinski definition) is 4. The smallest absolute Gasteiger partial charge is 0.243 e. The number of aliphatic hydroxyl groups is 1. The molecule has 1 aliphatic rings. The molecule has 5 nitrogen and oxygen atoms in total. The van der Waals surface area contributed by atoms with Crippen molar-refractivity contribution >= 4 is 10.0 Å². The van der Waals surface area contributed by atoms with Crippen molar-refractivity contribution in [3.63, 3.8) is 0 Å². The van der Waals surface area contributed by atoms with Gasteiger partial charge in [0.05, 0.1) is 17.5 Å². The van der Waals surface area contributed by atoms with Crippen LogP contribution in [0, 0.1) is 18.8 Å². The lowest BCUT2D eigenvalue weighted by molar-refractivity contribution is 0.113. The zero-order valence-electron chi connectivity index (χ0n) is 12.0. The second kappa shape index (κ2) is 6.58. The number of nitrogens with zero attached hydrogens (tertiary/aromatic N) is 1. The third kappa shape index (κ3) is 3.63. The summed E-state index contributed by atoms with van der Waals surface area (Å²) in [5.74, 6) is 5.58. The Hall–Kier alpha value is -1.39. The van der Waals surface area contributed by atoms with Crippen LogP contribution in [0.5, 0.6) is 0 Å². The molecular formula is C15H20N2O3S. The Morgan fingerprint density at radius 3 is 2.67 bits per heavy atom. The Morgan fingerprint density at radius 1 is 1.38 bits per heavy atom. The van der Waals surface area contributed by atoms with E-state index in [-0.39, 0.29) is 11.4 Å². The largest absolute Gasteiger partial charge is 0.393 e. The second-order valence-electron chi connectivity index (χ2n) is 5.12. The summed E-state index contributed by atoms with van der Waals surface area (Å²) in [4.78, 5) is 0.280. The minimum Gasteiger partial charge on any atom is -0.393 e. The van der Waals surface area contributed by atoms with Crippen LogP contribution in [-0.2, 0) is 10.0 Å². The van der Waals surface area contributed by atoms with Crippen LogP contribution in [0.1, 0.15) is 24.0 Å². The van der Waals surface area contributed by atoms with Crippen LogP contribution >= 0.6 is 0 Å². The zero-order valence-corrected chi connectivity index (χ0v) is 12.9. The van der Waals surface area contributed by atoms with E-state index in [2.05, 4.69) is 11.8 Å². The molecule has 2 rings (SSSR count). The van der Waals surface area contributed by atoms with Gasteiger partial charge in [-0.25, -0.2) is 8.42 Å². The van der Waals surface area contributed by atoms with Crippen molar-refractivity contribution in [2.75, 3.05) is 19.6 Å². The van der Waals surface area contributed by atoms with Crippen molar-refractivity contribution < 1.29 is 13.5 Å². The van der Waals surface area contributed by atoms with Crippen LogP contribution in [0.2, 0.25) is 0 Å². The fraction of sp³-hybridized carbons (Fsp3) is 0.467. The number of aryl methyl sites for hydroxylation is 1. The third-order valence-electron chi connectivity index (χ3n) is 3.56. The molecule has 1 aliphatic heterocycles. The first-order valence-electron chi connectivity index (χ1n) is 6.93. The summed E-state index contributed by atoms with van der Waals surface area (Å²) in [6, 6.07) is 5.14. The first-order valence-corrected chi connectivity index (χ1v) is 8.37. The molecule has 0 spiro atoms. The molecule has 3 N–H and O–H groups in total. The lowest BCUT2D eigenvalue weighted by Gasteiger charge is -2.29. The second-order valence-corrected chi connectivity index (χ2v) is 7.03. The highest BCUT2D eigenvalue weighted by Crippen LogP contribution is 2.24. The number of nitrogens with two attached hydrogens (primary N) is 1. The predicted molar refractivity (Wildman–Crippen MR) is 81.1 cm³/mol. The van der Waals surface area contributed by atoms with Gasteiger partial charge in [0.2, 0.25) is 10.0 Å². The van der Waals surface area contributed by atoms with Crippen LogP contribution < -0.4 is 5.73 Å². The van der Waals surface area contributed by atoms with Gasteiger partial charge in [-0.15, -0.1) is 0 Å². The number of benzene rings is 1. The molecule has 21 heavy (non-hydrogen) atoms. The molecule has 0 bridgehead atoms. The minimum atomic E-state index is -3.54. The van der Waals surface area contributed by atoms with Gasteiger partial charge < -0.3 is 10.8 Å². The van der Waals surface area contributed by atoms with Gasteiger partial charge >= 0.3 is 0 Å². The van der Waals surface area contributed by atoms with Gasteiger partial charge in [0.1, 0.15) is 0 Å². The van der Waals surface area contributed by atoms with Gasteiger partial charge in [-0.05, 0) is 37.5 Å². The third-order valence-corrected chi connectivity index (χ3v) is 5.60. The van der Waals surface area contributed by atoms with Crippen molar-refractivity contribution in [1.29, 1.82) is 0 Å². The van der Waals surface area contributed by atoms with Crippen LogP contribution in [0.15, 0.2) is 23.1 Å². The van der Waals surface area contributed by atoms with Crippen molar-refractivity contribution in [3.05, 3.63) is 29.3 Å². The van der Waals surface area contributed by atoms with Gasteiger partial charge in [0.25, 0.3) is 0 Å². The fourth-order valence-corrected chi connectivity index (χ4v) is 4.05. The Labute approximate surface area is 125 Å². The minimum absolute atomic E-state index is 0.236. The molecule has 0 aliphatic carbocycles. The van der Waals surface area contributed by atoms with E-state index in [1.54, 1.807) is 25.1 Å². The van der Waals surface area contributed by atoms with Crippen molar-refractivity contribution in [3.8, 4) is 11.8 Å². The van der Waals surface area contributed by atoms with Gasteiger partial charge in [-0.2, -0.15) is 4.31 Å². The van der Waals surface area contributed by atoms with E-state index >= 15 is 0 Å². The average molecular weight is 308 g/mol. The average Bonchev–Trinajstić information content (AvgIpc) is 2.46. The molecule has 1 aromatic rings. The maximum absolute atomic E-state index is 12.7. The van der Waals surface area contributed by atoms with Gasteiger partial charge in [-0.3, -0.25) is 0 Å². The molecule has 1 aromatic carbocycles. The molecule has 0 radical (unpaired) electrons. The summed E-state index contributed by atoms with van der Waals surface area (Å²) in [5.41, 5.74) is 6.67. The topological polar surface area (TPSA) is 83.6 Å². The maximum Gasteiger partial charge on any atom is 0.243 e. The highest BCUT2D eigenvalue weighted by atomic mass is 32.2. The molecule has 114 valence electrons. The van der Waals surface area contributed by atoms with Gasteiger partial charge in [-0.1, -0.05) is 17.9 Å². The number of hydrogen-bond donors (Lipinski definition) is 2. The van der Waals surface area contributed by atoms with Crippen molar-refractivity contribution in [1.82, 2.24) is 4.31 Å². The molecule has 1 fully saturated rings. The summed E-state index contributed by atoms with van der Waals surface area (Å²) < 4.78 is 26.9. The lowest BCUT2D eigenvalue weighted by Crippen LogP contribution is -2.40. The normalized spacial score (nSPS) is 17.3. The standard InChI is InChI=1S/C15H20N2O3S/c1-12-4-5-13(3-2-8-16)11-15(12)21(19,20)17-9-6-14(18)7-10-17/h4-5,11,14,18H,6-10,16H2,1H3. The SMILES string of the molecule is Cc1ccc(C#CCN)cc1S(=O)(=O)N1CCC(O)CC1. The Bertz CT molecular complexity index is 666. The molecule has 0 saturated carbocycles. The molecular weight excluding hydrogens is 288 g/mol. The summed E-state index contributed by atoms with van der Waals surface area (Å²) in [6.07, 6.45) is 0.551. The number of piperidine rings is 1. The van der Waals surface area contributed by atoms with E-state index in [1.165, 1.54) is 4.31 Å². The van der Waals surface area contributed by atoms with E-state index in [1.807, 2.05) is 0 Å². The fourth-order valence-electron chi connectivity index (χ4n) is 2.33. The zero-order chi connectivity index (χ0) is 15.5. The highest BCUT2D eigenvalue weighted by molar-refractivity contribution is 7.89. The van der Waals surface area contributed by atoms with Crippen molar-refractivity contribution in [2.45, 2.75) is 30.8 Å². The summed E-state index contributed by atoms with van der Waals surface area (Å²) >= 11 is 0. The molecule has 0 aromatic heterocycles. The van der Waals surface area contributed by atoms with E-state index in [0.29, 0.717) is 37.1 Å². The number of aliphatic hydroxyl groups excluding tert-OH is 1. The quantitative estimate of drug-likeness (QED) is 0.777. The monoisotopic (exact) mass is 308 g/mol. The Kier molecular flexibility index (Phi) is 5.01. The van der Waals surface area contributed by atoms with Gasteiger partial charge in [0, 0.05) is 18.7 Å².